The van der Waals surface area contributed by atoms with E-state index in [2.05, 4.69) is 32.1 Å². The fourth-order valence-electron chi connectivity index (χ4n) is 3.99. The minimum absolute atomic E-state index is 0.257. The quantitative estimate of drug-likeness (QED) is 0.620. The lowest BCUT2D eigenvalue weighted by molar-refractivity contribution is 0.174. The van der Waals surface area contributed by atoms with E-state index in [4.69, 9.17) is 14.0 Å². The highest BCUT2D eigenvalue weighted by Crippen LogP contribution is 2.33. The zero-order valence-electron chi connectivity index (χ0n) is 17.7. The number of rotatable bonds is 5. The van der Waals surface area contributed by atoms with Crippen molar-refractivity contribution in [1.29, 1.82) is 0 Å². The number of hydrogen-bond donors (Lipinski definition) is 0. The standard InChI is InChI=1S/C23H25FN4O3/c1-23(2,17-4-6-18(24)7-5-17)21-25-22(31-26-21)28-11-9-27(10-12-28)14-16-3-8-19-20(13-16)30-15-29-19/h3-8,13H,9-12,14-15H2,1-2H3. The van der Waals surface area contributed by atoms with Crippen molar-refractivity contribution in [1.82, 2.24) is 15.0 Å². The highest BCUT2D eigenvalue weighted by molar-refractivity contribution is 5.44. The van der Waals surface area contributed by atoms with Gasteiger partial charge in [0.15, 0.2) is 17.3 Å². The predicted octanol–water partition coefficient (Wildman–Crippen LogP) is 3.59. The van der Waals surface area contributed by atoms with Gasteiger partial charge in [0.2, 0.25) is 6.79 Å². The first kappa shape index (κ1) is 19.8. The summed E-state index contributed by atoms with van der Waals surface area (Å²) in [6, 6.07) is 13.1. The number of benzene rings is 2. The molecule has 0 aliphatic carbocycles. The number of ether oxygens (including phenoxy) is 2. The fraction of sp³-hybridized carbons (Fsp3) is 0.391. The maximum atomic E-state index is 13.3. The number of aromatic nitrogens is 2. The van der Waals surface area contributed by atoms with Crippen molar-refractivity contribution < 1.29 is 18.4 Å². The Kier molecular flexibility index (Phi) is 5.02. The third kappa shape index (κ3) is 3.95. The van der Waals surface area contributed by atoms with Crippen LogP contribution in [-0.4, -0.2) is 48.0 Å². The monoisotopic (exact) mass is 424 g/mol. The number of anilines is 1. The first-order valence-corrected chi connectivity index (χ1v) is 10.4. The van der Waals surface area contributed by atoms with Crippen LogP contribution in [0.25, 0.3) is 0 Å². The Morgan fingerprint density at radius 3 is 2.48 bits per heavy atom. The molecule has 31 heavy (non-hydrogen) atoms. The normalized spacial score (nSPS) is 16.7. The van der Waals surface area contributed by atoms with Crippen molar-refractivity contribution in [3.8, 4) is 11.5 Å². The molecule has 1 aromatic heterocycles. The van der Waals surface area contributed by atoms with Crippen molar-refractivity contribution >= 4 is 6.01 Å². The summed E-state index contributed by atoms with van der Waals surface area (Å²) < 4.78 is 29.7. The van der Waals surface area contributed by atoms with Crippen LogP contribution in [0.5, 0.6) is 11.5 Å². The van der Waals surface area contributed by atoms with Crippen molar-refractivity contribution in [2.24, 2.45) is 0 Å². The first-order valence-electron chi connectivity index (χ1n) is 10.4. The van der Waals surface area contributed by atoms with Crippen molar-refractivity contribution in [2.45, 2.75) is 25.8 Å². The molecule has 0 amide bonds. The average Bonchev–Trinajstić information content (AvgIpc) is 3.44. The topological polar surface area (TPSA) is 63.9 Å². The SMILES string of the molecule is CC(C)(c1ccc(F)cc1)c1noc(N2CCN(Cc3ccc4c(c3)OCO4)CC2)n1. The van der Waals surface area contributed by atoms with Gasteiger partial charge in [-0.2, -0.15) is 4.98 Å². The minimum Gasteiger partial charge on any atom is -0.454 e. The van der Waals surface area contributed by atoms with Crippen LogP contribution < -0.4 is 14.4 Å². The lowest BCUT2D eigenvalue weighted by atomic mass is 9.84. The van der Waals surface area contributed by atoms with Crippen LogP contribution in [0.4, 0.5) is 10.4 Å². The van der Waals surface area contributed by atoms with E-state index in [9.17, 15) is 4.39 Å². The molecule has 0 spiro atoms. The third-order valence-electron chi connectivity index (χ3n) is 6.03. The van der Waals surface area contributed by atoms with Gasteiger partial charge in [0.1, 0.15) is 5.82 Å². The molecule has 0 saturated carbocycles. The number of fused-ring (bicyclic) bond motifs is 1. The first-order chi connectivity index (χ1) is 15.0. The molecule has 7 nitrogen and oxygen atoms in total. The number of nitrogens with zero attached hydrogens (tertiary/aromatic N) is 4. The molecule has 0 radical (unpaired) electrons. The van der Waals surface area contributed by atoms with Crippen molar-refractivity contribution in [3.05, 3.63) is 65.2 Å². The van der Waals surface area contributed by atoms with Crippen molar-refractivity contribution in [3.63, 3.8) is 0 Å². The summed E-state index contributed by atoms with van der Waals surface area (Å²) in [4.78, 5) is 9.17. The predicted molar refractivity (Wildman–Crippen MR) is 113 cm³/mol. The van der Waals surface area contributed by atoms with Crippen LogP contribution in [0.3, 0.4) is 0 Å². The Labute approximate surface area is 180 Å². The molecular formula is C23H25FN4O3. The summed E-state index contributed by atoms with van der Waals surface area (Å²) in [5, 5.41) is 4.22. The number of hydrogen-bond acceptors (Lipinski definition) is 7. The highest BCUT2D eigenvalue weighted by Gasteiger charge is 2.31. The fourth-order valence-corrected chi connectivity index (χ4v) is 3.99. The average molecular weight is 424 g/mol. The summed E-state index contributed by atoms with van der Waals surface area (Å²) in [7, 11) is 0. The Bertz CT molecular complexity index is 1060. The molecule has 5 rings (SSSR count). The Morgan fingerprint density at radius 2 is 1.71 bits per heavy atom. The molecule has 0 N–H and O–H groups in total. The Morgan fingerprint density at radius 1 is 0.968 bits per heavy atom. The zero-order valence-corrected chi connectivity index (χ0v) is 17.7. The summed E-state index contributed by atoms with van der Waals surface area (Å²) >= 11 is 0. The maximum Gasteiger partial charge on any atom is 0.324 e. The van der Waals surface area contributed by atoms with E-state index in [1.165, 1.54) is 17.7 Å². The second-order valence-electron chi connectivity index (χ2n) is 8.48. The molecule has 0 unspecified atom stereocenters. The Hall–Kier alpha value is -3.13. The highest BCUT2D eigenvalue weighted by atomic mass is 19.1. The second kappa shape index (κ2) is 7.85. The summed E-state index contributed by atoms with van der Waals surface area (Å²) in [6.07, 6.45) is 0. The summed E-state index contributed by atoms with van der Waals surface area (Å²) in [6.45, 7) is 8.59. The van der Waals surface area contributed by atoms with Gasteiger partial charge in [-0.05, 0) is 49.2 Å². The molecular weight excluding hydrogens is 399 g/mol. The molecule has 1 fully saturated rings. The molecule has 162 valence electrons. The van der Waals surface area contributed by atoms with Gasteiger partial charge in [0.25, 0.3) is 0 Å². The van der Waals surface area contributed by atoms with Crippen molar-refractivity contribution in [2.75, 3.05) is 37.9 Å². The summed E-state index contributed by atoms with van der Waals surface area (Å²) in [5.74, 6) is 1.96. The van der Waals surface area contributed by atoms with E-state index in [-0.39, 0.29) is 5.82 Å². The van der Waals surface area contributed by atoms with E-state index in [1.807, 2.05) is 19.9 Å². The van der Waals surface area contributed by atoms with Crippen LogP contribution in [-0.2, 0) is 12.0 Å². The maximum absolute atomic E-state index is 13.3. The molecule has 2 aliphatic heterocycles. The van der Waals surface area contributed by atoms with E-state index in [0.29, 0.717) is 18.6 Å². The van der Waals surface area contributed by atoms with Gasteiger partial charge < -0.3 is 18.9 Å². The van der Waals surface area contributed by atoms with E-state index < -0.39 is 5.41 Å². The van der Waals surface area contributed by atoms with Crippen LogP contribution in [0.2, 0.25) is 0 Å². The van der Waals surface area contributed by atoms with Gasteiger partial charge in [-0.25, -0.2) is 4.39 Å². The van der Waals surface area contributed by atoms with Gasteiger partial charge in [0, 0.05) is 32.7 Å². The molecule has 8 heteroatoms. The number of piperazine rings is 1. The smallest absolute Gasteiger partial charge is 0.324 e. The zero-order chi connectivity index (χ0) is 21.4. The summed E-state index contributed by atoms with van der Waals surface area (Å²) in [5.41, 5.74) is 1.67. The molecule has 3 heterocycles. The van der Waals surface area contributed by atoms with Gasteiger partial charge >= 0.3 is 6.01 Å². The largest absolute Gasteiger partial charge is 0.454 e. The van der Waals surface area contributed by atoms with E-state index in [1.54, 1.807) is 12.1 Å². The molecule has 2 aromatic carbocycles. The van der Waals surface area contributed by atoms with Gasteiger partial charge in [0.05, 0.1) is 5.41 Å². The van der Waals surface area contributed by atoms with Gasteiger partial charge in [-0.15, -0.1) is 0 Å². The molecule has 0 atom stereocenters. The van der Waals surface area contributed by atoms with Crippen LogP contribution in [0, 0.1) is 5.82 Å². The molecule has 0 bridgehead atoms. The van der Waals surface area contributed by atoms with Crippen LogP contribution in [0.15, 0.2) is 47.0 Å². The second-order valence-corrected chi connectivity index (χ2v) is 8.48. The lowest BCUT2D eigenvalue weighted by Gasteiger charge is -2.33. The molecule has 2 aliphatic rings. The Balaban J connectivity index is 1.21. The third-order valence-corrected chi connectivity index (χ3v) is 6.03. The molecule has 1 saturated heterocycles. The lowest BCUT2D eigenvalue weighted by Crippen LogP contribution is -2.46. The van der Waals surface area contributed by atoms with E-state index >= 15 is 0 Å². The minimum atomic E-state index is -0.476. The van der Waals surface area contributed by atoms with Gasteiger partial charge in [-0.1, -0.05) is 23.4 Å². The number of halogens is 1. The van der Waals surface area contributed by atoms with Crippen LogP contribution in [0.1, 0.15) is 30.8 Å². The van der Waals surface area contributed by atoms with E-state index in [0.717, 1.165) is 49.8 Å². The molecule has 3 aromatic rings. The van der Waals surface area contributed by atoms with Crippen LogP contribution >= 0.6 is 0 Å². The van der Waals surface area contributed by atoms with Gasteiger partial charge in [-0.3, -0.25) is 4.90 Å².